The highest BCUT2D eigenvalue weighted by molar-refractivity contribution is 6.30. The largest absolute Gasteiger partial charge is 0.373 e. The summed E-state index contributed by atoms with van der Waals surface area (Å²) in [6.45, 7) is 4.66. The molecule has 2 atom stereocenters. The number of nitrogens with one attached hydrogen (secondary N) is 1. The lowest BCUT2D eigenvalue weighted by Crippen LogP contribution is -2.57. The lowest BCUT2D eigenvalue weighted by Gasteiger charge is -2.45. The number of hydrogen-bond donors (Lipinski definition) is 1. The van der Waals surface area contributed by atoms with Gasteiger partial charge in [0.25, 0.3) is 0 Å². The fraction of sp³-hybridized carbons (Fsp3) is 0.579. The second kappa shape index (κ2) is 8.48. The van der Waals surface area contributed by atoms with Crippen molar-refractivity contribution in [1.29, 1.82) is 0 Å². The Labute approximate surface area is 159 Å². The predicted molar refractivity (Wildman–Crippen MR) is 101 cm³/mol. The van der Waals surface area contributed by atoms with Crippen molar-refractivity contribution >= 4 is 11.6 Å². The second-order valence-electron chi connectivity index (χ2n) is 7.24. The first kappa shape index (κ1) is 17.9. The summed E-state index contributed by atoms with van der Waals surface area (Å²) < 4.78 is 8.07. The van der Waals surface area contributed by atoms with Gasteiger partial charge in [-0.05, 0) is 50.0 Å². The molecule has 4 rings (SSSR count). The minimum atomic E-state index is 0.160. The van der Waals surface area contributed by atoms with E-state index >= 15 is 0 Å². The molecule has 0 saturated carbocycles. The zero-order chi connectivity index (χ0) is 17.8. The molecule has 0 bridgehead atoms. The fourth-order valence-corrected chi connectivity index (χ4v) is 4.21. The quantitative estimate of drug-likeness (QED) is 0.866. The number of halogens is 1. The van der Waals surface area contributed by atoms with Crippen LogP contribution in [0, 0.1) is 0 Å². The lowest BCUT2D eigenvalue weighted by atomic mass is 9.97. The van der Waals surface area contributed by atoms with Crippen LogP contribution in [0.3, 0.4) is 0 Å². The Morgan fingerprint density at radius 1 is 1.19 bits per heavy atom. The molecule has 2 aliphatic rings. The van der Waals surface area contributed by atoms with Crippen molar-refractivity contribution in [3.63, 3.8) is 0 Å². The van der Waals surface area contributed by atoms with Gasteiger partial charge in [0, 0.05) is 23.7 Å². The molecule has 0 spiro atoms. The van der Waals surface area contributed by atoms with Crippen LogP contribution in [0.5, 0.6) is 0 Å². The number of piperidine rings is 1. The summed E-state index contributed by atoms with van der Waals surface area (Å²) >= 11 is 6.04. The molecule has 1 aromatic carbocycles. The average Bonchev–Trinajstić information content (AvgIpc) is 3.18. The van der Waals surface area contributed by atoms with E-state index < -0.39 is 0 Å². The van der Waals surface area contributed by atoms with Gasteiger partial charge in [-0.2, -0.15) is 5.10 Å². The van der Waals surface area contributed by atoms with E-state index in [1.165, 1.54) is 18.4 Å². The standard InChI is InChI=1S/C19H26ClN5O/c20-16-3-1-15(2-4-16)9-18-12-26-19(10-24-14-22-13-23-24)11-25(18)17-5-7-21-8-6-17/h1-4,13-14,17-19,21H,5-12H2/t18-,19-/m0/s1. The highest BCUT2D eigenvalue weighted by Gasteiger charge is 2.34. The Morgan fingerprint density at radius 3 is 2.73 bits per heavy atom. The Balaban J connectivity index is 1.46. The number of morpholine rings is 1. The first-order valence-electron chi connectivity index (χ1n) is 9.43. The van der Waals surface area contributed by atoms with Crippen LogP contribution < -0.4 is 5.32 Å². The summed E-state index contributed by atoms with van der Waals surface area (Å²) in [6, 6.07) is 9.24. The molecule has 2 aromatic rings. The Hall–Kier alpha value is -1.47. The smallest absolute Gasteiger partial charge is 0.137 e. The van der Waals surface area contributed by atoms with Crippen molar-refractivity contribution in [1.82, 2.24) is 25.0 Å². The number of aromatic nitrogens is 3. The molecule has 2 fully saturated rings. The third-order valence-corrected chi connectivity index (χ3v) is 5.68. The van der Waals surface area contributed by atoms with Gasteiger partial charge in [-0.25, -0.2) is 4.98 Å². The van der Waals surface area contributed by atoms with Crippen LogP contribution in [0.25, 0.3) is 0 Å². The first-order chi connectivity index (χ1) is 12.8. The van der Waals surface area contributed by atoms with E-state index in [0.717, 1.165) is 44.2 Å². The van der Waals surface area contributed by atoms with E-state index in [1.54, 1.807) is 12.7 Å². The van der Waals surface area contributed by atoms with Gasteiger partial charge in [0.05, 0.1) is 19.3 Å². The Morgan fingerprint density at radius 2 is 2.00 bits per heavy atom. The maximum atomic E-state index is 6.21. The molecule has 2 saturated heterocycles. The van der Waals surface area contributed by atoms with Crippen molar-refractivity contribution in [3.05, 3.63) is 47.5 Å². The van der Waals surface area contributed by atoms with Crippen LogP contribution in [0.15, 0.2) is 36.9 Å². The van der Waals surface area contributed by atoms with E-state index in [-0.39, 0.29) is 6.10 Å². The zero-order valence-corrected chi connectivity index (χ0v) is 15.7. The minimum Gasteiger partial charge on any atom is -0.373 e. The molecule has 3 heterocycles. The van der Waals surface area contributed by atoms with Crippen LogP contribution >= 0.6 is 11.6 Å². The fourth-order valence-electron chi connectivity index (χ4n) is 4.08. The van der Waals surface area contributed by atoms with Gasteiger partial charge in [0.1, 0.15) is 12.7 Å². The van der Waals surface area contributed by atoms with Crippen molar-refractivity contribution in [2.24, 2.45) is 0 Å². The van der Waals surface area contributed by atoms with Crippen molar-refractivity contribution in [2.45, 2.75) is 44.0 Å². The summed E-state index contributed by atoms with van der Waals surface area (Å²) in [6.07, 6.45) is 6.90. The van der Waals surface area contributed by atoms with Gasteiger partial charge in [-0.3, -0.25) is 9.58 Å². The molecule has 0 amide bonds. The number of nitrogens with zero attached hydrogens (tertiary/aromatic N) is 4. The molecule has 26 heavy (non-hydrogen) atoms. The number of rotatable bonds is 5. The van der Waals surface area contributed by atoms with Gasteiger partial charge < -0.3 is 10.1 Å². The third kappa shape index (κ3) is 4.43. The van der Waals surface area contributed by atoms with Gasteiger partial charge in [-0.15, -0.1) is 0 Å². The van der Waals surface area contributed by atoms with E-state index in [4.69, 9.17) is 16.3 Å². The van der Waals surface area contributed by atoms with Crippen molar-refractivity contribution in [2.75, 3.05) is 26.2 Å². The predicted octanol–water partition coefficient (Wildman–Crippen LogP) is 2.00. The Bertz CT molecular complexity index is 672. The molecule has 0 unspecified atom stereocenters. The number of ether oxygens (including phenoxy) is 1. The topological polar surface area (TPSA) is 55.2 Å². The van der Waals surface area contributed by atoms with Crippen molar-refractivity contribution in [3.8, 4) is 0 Å². The minimum absolute atomic E-state index is 0.160. The van der Waals surface area contributed by atoms with Gasteiger partial charge in [-0.1, -0.05) is 23.7 Å². The second-order valence-corrected chi connectivity index (χ2v) is 7.67. The van der Waals surface area contributed by atoms with Crippen LogP contribution in [0.4, 0.5) is 0 Å². The zero-order valence-electron chi connectivity index (χ0n) is 14.9. The van der Waals surface area contributed by atoms with E-state index in [9.17, 15) is 0 Å². The maximum absolute atomic E-state index is 6.21. The molecular weight excluding hydrogens is 350 g/mol. The van der Waals surface area contributed by atoms with E-state index in [0.29, 0.717) is 12.1 Å². The summed E-state index contributed by atoms with van der Waals surface area (Å²) in [5.41, 5.74) is 1.32. The van der Waals surface area contributed by atoms with Crippen LogP contribution in [-0.4, -0.2) is 64.1 Å². The monoisotopic (exact) mass is 375 g/mol. The van der Waals surface area contributed by atoms with E-state index in [1.807, 2.05) is 16.8 Å². The molecule has 1 aromatic heterocycles. The summed E-state index contributed by atoms with van der Waals surface area (Å²) in [7, 11) is 0. The van der Waals surface area contributed by atoms with Crippen LogP contribution in [-0.2, 0) is 17.7 Å². The first-order valence-corrected chi connectivity index (χ1v) is 9.80. The molecule has 6 nitrogen and oxygen atoms in total. The molecule has 1 N–H and O–H groups in total. The highest BCUT2D eigenvalue weighted by Crippen LogP contribution is 2.24. The van der Waals surface area contributed by atoms with E-state index in [2.05, 4.69) is 32.4 Å². The molecule has 140 valence electrons. The molecule has 0 radical (unpaired) electrons. The van der Waals surface area contributed by atoms with Crippen LogP contribution in [0.1, 0.15) is 18.4 Å². The highest BCUT2D eigenvalue weighted by atomic mass is 35.5. The Kier molecular flexibility index (Phi) is 5.84. The van der Waals surface area contributed by atoms with Gasteiger partial charge >= 0.3 is 0 Å². The number of benzene rings is 1. The normalized spacial score (nSPS) is 25.4. The summed E-state index contributed by atoms with van der Waals surface area (Å²) in [5.74, 6) is 0. The summed E-state index contributed by atoms with van der Waals surface area (Å²) in [5, 5.41) is 8.49. The third-order valence-electron chi connectivity index (χ3n) is 5.43. The molecule has 7 heteroatoms. The molecule has 2 aliphatic heterocycles. The number of hydrogen-bond acceptors (Lipinski definition) is 5. The lowest BCUT2D eigenvalue weighted by molar-refractivity contribution is -0.0890. The van der Waals surface area contributed by atoms with Gasteiger partial charge in [0.2, 0.25) is 0 Å². The van der Waals surface area contributed by atoms with Crippen LogP contribution in [0.2, 0.25) is 5.02 Å². The van der Waals surface area contributed by atoms with Gasteiger partial charge in [0.15, 0.2) is 0 Å². The van der Waals surface area contributed by atoms with Crippen molar-refractivity contribution < 1.29 is 4.74 Å². The average molecular weight is 376 g/mol. The molecular formula is C19H26ClN5O. The maximum Gasteiger partial charge on any atom is 0.137 e. The SMILES string of the molecule is Clc1ccc(C[C@H]2CO[C@@H](Cn3cncn3)CN2C2CCNCC2)cc1. The summed E-state index contributed by atoms with van der Waals surface area (Å²) in [4.78, 5) is 6.72. The molecule has 0 aliphatic carbocycles.